The van der Waals surface area contributed by atoms with E-state index in [1.165, 1.54) is 32.7 Å². The van der Waals surface area contributed by atoms with E-state index >= 15 is 0 Å². The summed E-state index contributed by atoms with van der Waals surface area (Å²) in [6.45, 7) is 24.9. The van der Waals surface area contributed by atoms with E-state index < -0.39 is 7.14 Å². The number of imide groups is 1. The molecule has 0 radical (unpaired) electrons. The predicted octanol–water partition coefficient (Wildman–Crippen LogP) is 10.9. The number of carbonyl (C=O) groups is 4. The van der Waals surface area contributed by atoms with E-state index in [9.17, 15) is 23.7 Å². The van der Waals surface area contributed by atoms with Crippen molar-refractivity contribution in [3.8, 4) is 5.75 Å². The topological polar surface area (TPSA) is 163 Å². The number of carbonyl (C=O) groups excluding carboxylic acids is 4. The van der Waals surface area contributed by atoms with Gasteiger partial charge in [-0.3, -0.25) is 29.4 Å². The lowest BCUT2D eigenvalue weighted by molar-refractivity contribution is -0.135. The zero-order chi connectivity index (χ0) is 49.4. The van der Waals surface area contributed by atoms with E-state index in [0.29, 0.717) is 52.2 Å². The first-order valence-corrected chi connectivity index (χ1v) is 26.6. The molecule has 364 valence electrons. The number of piperidine rings is 1. The van der Waals surface area contributed by atoms with Gasteiger partial charge < -0.3 is 24.8 Å². The summed E-state index contributed by atoms with van der Waals surface area (Å²) in [5.74, 6) is 2.82. The van der Waals surface area contributed by atoms with E-state index in [0.717, 1.165) is 66.7 Å². The summed E-state index contributed by atoms with van der Waals surface area (Å²) in [7, 11) is -0.836. The number of methoxy groups -OCH3 is 1. The van der Waals surface area contributed by atoms with Crippen LogP contribution in [-0.4, -0.2) is 91.4 Å². The van der Waals surface area contributed by atoms with Crippen LogP contribution in [-0.2, 0) is 14.2 Å². The van der Waals surface area contributed by atoms with Crippen LogP contribution in [0.4, 0.5) is 28.8 Å². The first-order valence-electron chi connectivity index (χ1n) is 23.6. The van der Waals surface area contributed by atoms with Crippen molar-refractivity contribution in [3.63, 3.8) is 0 Å². The second-order valence-corrected chi connectivity index (χ2v) is 21.9. The number of aryl methyl sites for hydroxylation is 1. The summed E-state index contributed by atoms with van der Waals surface area (Å²) in [6, 6.07) is 19.1. The van der Waals surface area contributed by atoms with Gasteiger partial charge in [-0.05, 0) is 88.6 Å². The van der Waals surface area contributed by atoms with Crippen molar-refractivity contribution in [1.82, 2.24) is 20.2 Å². The smallest absolute Gasteiger partial charge is 0.229 e. The number of nitrogens with zero attached hydrogens (tertiary/aromatic N) is 4. The molecule has 15 heteroatoms. The minimum absolute atomic E-state index is 0.0164. The molecule has 3 aromatic carbocycles. The number of halogens is 1. The number of amides is 2. The molecular weight excluding hydrogens is 885 g/mol. The summed E-state index contributed by atoms with van der Waals surface area (Å²) < 4.78 is 18.6. The maximum atomic E-state index is 12.8. The van der Waals surface area contributed by atoms with Crippen LogP contribution in [0.3, 0.4) is 0 Å². The van der Waals surface area contributed by atoms with Gasteiger partial charge in [-0.2, -0.15) is 4.98 Å². The summed E-state index contributed by atoms with van der Waals surface area (Å²) in [4.78, 5) is 58.7. The number of nitrogens with one attached hydrogen (secondary N) is 3. The summed E-state index contributed by atoms with van der Waals surface area (Å²) in [6.07, 6.45) is 7.36. The molecule has 3 N–H and O–H groups in total. The monoisotopic (exact) mass is 958 g/mol. The Labute approximate surface area is 404 Å². The molecule has 0 spiro atoms. The maximum absolute atomic E-state index is 12.8. The molecule has 4 aromatic rings. The van der Waals surface area contributed by atoms with E-state index in [4.69, 9.17) is 16.3 Å². The molecule has 1 aromatic heterocycles. The van der Waals surface area contributed by atoms with Gasteiger partial charge in [0.05, 0.1) is 24.7 Å². The molecule has 0 aliphatic carbocycles. The lowest BCUT2D eigenvalue weighted by Gasteiger charge is -2.38. The normalized spacial score (nSPS) is 16.5. The molecule has 6 rings (SSSR count). The summed E-state index contributed by atoms with van der Waals surface area (Å²) >= 11 is 6.44. The number of para-hydroxylation sites is 1. The standard InChI is InChI=1S/C32H46ClN6O2P.C14H18O2.C6H9NO2/c1-7-23(3)19-24(8-2)22-38-15-17-39(18-16-38)25-13-14-27(29(20-25)41-4)36-32-34-21-26(33)31(37-32)35-28-11-9-10-12-30(28)42(5,6)40;1-5-10(3)14(16)13-8-9(2)6-7-12(13)11(4)15;1-4-2-3-5(8)7-6(4)9/h9-14,20-21,23-24H,7-8,15-19,22H2,1-6H3,(H2,34,35,36,37);6-8,10H,5H2,1-4H3;4H,2-3H2,1H3,(H,7,8,9). The molecule has 0 saturated carbocycles. The highest BCUT2D eigenvalue weighted by Crippen LogP contribution is 2.39. The molecule has 4 atom stereocenters. The van der Waals surface area contributed by atoms with Gasteiger partial charge in [0.15, 0.2) is 17.4 Å². The first kappa shape index (κ1) is 54.5. The second-order valence-electron chi connectivity index (χ2n) is 18.3. The number of aromatic nitrogens is 2. The van der Waals surface area contributed by atoms with E-state index in [2.05, 4.69) is 68.6 Å². The SMILES string of the molecule is CC1CCC(=O)NC1=O.CCC(C)C(=O)c1cc(C)ccc1C(C)=O.CCC(C)CC(CC)CN1CCN(c2ccc(Nc3ncc(Cl)c(Nc4ccccc4P(C)(C)=O)n3)c(OC)c2)CC1. The first-order chi connectivity index (χ1) is 31.8. The fraction of sp³-hybridized carbons (Fsp3) is 0.500. The van der Waals surface area contributed by atoms with Gasteiger partial charge in [0.2, 0.25) is 17.8 Å². The quantitative estimate of drug-likeness (QED) is 0.0522. The van der Waals surface area contributed by atoms with Crippen molar-refractivity contribution < 1.29 is 28.5 Å². The molecule has 2 aliphatic heterocycles. The number of anilines is 5. The van der Waals surface area contributed by atoms with E-state index in [1.807, 2.05) is 70.2 Å². The second kappa shape index (κ2) is 25.9. The highest BCUT2D eigenvalue weighted by atomic mass is 35.5. The van der Waals surface area contributed by atoms with Crippen LogP contribution < -0.4 is 30.9 Å². The summed E-state index contributed by atoms with van der Waals surface area (Å²) in [5.41, 5.74) is 4.73. The largest absolute Gasteiger partial charge is 0.494 e. The van der Waals surface area contributed by atoms with Crippen LogP contribution in [0.15, 0.2) is 66.9 Å². The zero-order valence-corrected chi connectivity index (χ0v) is 43.2. The number of piperazine rings is 1. The Kier molecular flexibility index (Phi) is 21.0. The Hall–Kier alpha value is -5.10. The summed E-state index contributed by atoms with van der Waals surface area (Å²) in [5, 5.41) is 9.88. The molecule has 67 heavy (non-hydrogen) atoms. The Morgan fingerprint density at radius 2 is 1.63 bits per heavy atom. The number of benzene rings is 3. The van der Waals surface area contributed by atoms with Crippen LogP contribution in [0.1, 0.15) is 113 Å². The lowest BCUT2D eigenvalue weighted by Crippen LogP contribution is -2.47. The van der Waals surface area contributed by atoms with Crippen molar-refractivity contribution in [2.24, 2.45) is 23.7 Å². The van der Waals surface area contributed by atoms with Gasteiger partial charge in [0, 0.05) is 79.2 Å². The molecule has 2 fully saturated rings. The fourth-order valence-corrected chi connectivity index (χ4v) is 9.17. The van der Waals surface area contributed by atoms with Gasteiger partial charge in [-0.1, -0.05) is 95.8 Å². The fourth-order valence-electron chi connectivity index (χ4n) is 7.87. The Bertz CT molecular complexity index is 2360. The van der Waals surface area contributed by atoms with E-state index in [1.54, 1.807) is 32.7 Å². The number of hydrogen-bond donors (Lipinski definition) is 3. The molecule has 2 saturated heterocycles. The van der Waals surface area contributed by atoms with Gasteiger partial charge in [-0.15, -0.1) is 0 Å². The number of rotatable bonds is 17. The highest BCUT2D eigenvalue weighted by molar-refractivity contribution is 7.70. The number of Topliss-reactive ketones (excluding diaryl/α,β-unsaturated/α-hetero) is 2. The molecule has 3 heterocycles. The zero-order valence-electron chi connectivity index (χ0n) is 41.5. The van der Waals surface area contributed by atoms with Crippen LogP contribution in [0.25, 0.3) is 0 Å². The van der Waals surface area contributed by atoms with Gasteiger partial charge in [-0.25, -0.2) is 4.98 Å². The van der Waals surface area contributed by atoms with Crippen molar-refractivity contribution in [2.75, 3.05) is 68.7 Å². The third-order valence-electron chi connectivity index (χ3n) is 12.6. The van der Waals surface area contributed by atoms with Crippen molar-refractivity contribution in [3.05, 3.63) is 88.6 Å². The Morgan fingerprint density at radius 3 is 2.22 bits per heavy atom. The average Bonchev–Trinajstić information content (AvgIpc) is 3.31. The molecule has 2 amide bonds. The predicted molar refractivity (Wildman–Crippen MR) is 275 cm³/mol. The molecule has 2 aliphatic rings. The molecular formula is C52H73ClN7O6P. The minimum atomic E-state index is -2.51. The Morgan fingerprint density at radius 1 is 0.925 bits per heavy atom. The van der Waals surface area contributed by atoms with Gasteiger partial charge >= 0.3 is 0 Å². The molecule has 4 unspecified atom stereocenters. The van der Waals surface area contributed by atoms with Gasteiger partial charge in [0.25, 0.3) is 0 Å². The Balaban J connectivity index is 0.000000318. The third kappa shape index (κ3) is 16.3. The average molecular weight is 959 g/mol. The number of ketones is 2. The molecule has 0 bridgehead atoms. The van der Waals surface area contributed by atoms with Crippen LogP contribution in [0.2, 0.25) is 5.02 Å². The van der Waals surface area contributed by atoms with Crippen molar-refractivity contribution in [2.45, 2.75) is 93.9 Å². The number of ether oxygens (including phenoxy) is 1. The van der Waals surface area contributed by atoms with Crippen LogP contribution in [0.5, 0.6) is 5.75 Å². The van der Waals surface area contributed by atoms with Gasteiger partial charge in [0.1, 0.15) is 17.9 Å². The maximum Gasteiger partial charge on any atom is 0.229 e. The number of hydrogen-bond acceptors (Lipinski definition) is 12. The minimum Gasteiger partial charge on any atom is -0.494 e. The van der Waals surface area contributed by atoms with Crippen LogP contribution in [0, 0.1) is 30.6 Å². The van der Waals surface area contributed by atoms with Crippen molar-refractivity contribution >= 4 is 76.3 Å². The van der Waals surface area contributed by atoms with Crippen molar-refractivity contribution in [1.29, 1.82) is 0 Å². The molecule has 13 nitrogen and oxygen atoms in total. The van der Waals surface area contributed by atoms with Crippen LogP contribution >= 0.6 is 18.7 Å². The van der Waals surface area contributed by atoms with E-state index in [-0.39, 0.29) is 35.2 Å². The lowest BCUT2D eigenvalue weighted by atomic mass is 9.91. The third-order valence-corrected chi connectivity index (χ3v) is 14.4. The highest BCUT2D eigenvalue weighted by Gasteiger charge is 2.24.